The molecule has 2 bridgehead atoms. The number of rotatable bonds is 7. The van der Waals surface area contributed by atoms with Crippen LogP contribution in [0.15, 0.2) is 40.6 Å². The molecule has 0 aromatic carbocycles. The minimum atomic E-state index is -0.868. The molecule has 4 rings (SSSR count). The summed E-state index contributed by atoms with van der Waals surface area (Å²) in [4.78, 5) is 26.0. The predicted molar refractivity (Wildman–Crippen MR) is 143 cm³/mol. The summed E-state index contributed by atoms with van der Waals surface area (Å²) in [5.74, 6) is -1.86. The third-order valence-corrected chi connectivity index (χ3v) is 9.22. The molecule has 3 aliphatic rings. The lowest BCUT2D eigenvalue weighted by molar-refractivity contribution is -0.172. The number of esters is 2. The van der Waals surface area contributed by atoms with Crippen LogP contribution in [0.1, 0.15) is 57.8 Å². The van der Waals surface area contributed by atoms with E-state index < -0.39 is 54.2 Å². The second-order valence-electron chi connectivity index (χ2n) is 11.1. The largest absolute Gasteiger partial charge is 0.457 e. The van der Waals surface area contributed by atoms with Crippen molar-refractivity contribution in [1.82, 2.24) is 0 Å². The van der Waals surface area contributed by atoms with Gasteiger partial charge in [0.15, 0.2) is 6.10 Å². The Kier molecular flexibility index (Phi) is 8.84. The summed E-state index contributed by atoms with van der Waals surface area (Å²) in [5, 5.41) is 24.5. The van der Waals surface area contributed by atoms with Crippen molar-refractivity contribution in [2.24, 2.45) is 23.7 Å². The van der Waals surface area contributed by atoms with E-state index >= 15 is 0 Å². The van der Waals surface area contributed by atoms with E-state index in [-0.39, 0.29) is 23.7 Å². The summed E-state index contributed by atoms with van der Waals surface area (Å²) < 4.78 is 24.3. The molecule has 1 aromatic heterocycles. The lowest BCUT2D eigenvalue weighted by Crippen LogP contribution is -2.47. The predicted octanol–water partition coefficient (Wildman–Crippen LogP) is 3.91. The van der Waals surface area contributed by atoms with Crippen LogP contribution in [0.3, 0.4) is 0 Å². The first-order valence-electron chi connectivity index (χ1n) is 13.4. The average Bonchev–Trinajstić information content (AvgIpc) is 3.51. The first-order valence-corrected chi connectivity index (χ1v) is 14.3. The summed E-state index contributed by atoms with van der Waals surface area (Å²) in [6.07, 6.45) is 2.81. The van der Waals surface area contributed by atoms with Crippen LogP contribution in [0.5, 0.6) is 0 Å². The maximum Gasteiger partial charge on any atom is 0.339 e. The molecule has 0 saturated carbocycles. The van der Waals surface area contributed by atoms with Crippen molar-refractivity contribution in [3.8, 4) is 0 Å². The lowest BCUT2D eigenvalue weighted by Gasteiger charge is -2.41. The molecule has 1 saturated heterocycles. The fourth-order valence-corrected chi connectivity index (χ4v) is 6.77. The normalized spacial score (nSPS) is 37.7. The standard InChI is InChI=1S/C29H40O8S/c1-15-11-16(2)29-13-20(7-8-22(29)12-23(34-6)28(33)35-24(15)19(5)31)26(37-29)25(17(3)18(4)30)36-27(32)21-9-10-38-14-21/h7-11,14-15,17-20,22-26,30-31H,12-13H2,1-6H3/b16-11+/t15-,17-,18+,19-,20-,22-,23+,24+,25-,26-,29+/m1/s1. The van der Waals surface area contributed by atoms with E-state index in [0.29, 0.717) is 18.4 Å². The summed E-state index contributed by atoms with van der Waals surface area (Å²) in [6.45, 7) is 9.08. The summed E-state index contributed by atoms with van der Waals surface area (Å²) in [7, 11) is 1.48. The van der Waals surface area contributed by atoms with Crippen LogP contribution in [0.4, 0.5) is 0 Å². The number of thiophene rings is 1. The maximum absolute atomic E-state index is 13.0. The molecule has 1 aromatic rings. The van der Waals surface area contributed by atoms with Crippen molar-refractivity contribution in [1.29, 1.82) is 0 Å². The number of ether oxygens (including phenoxy) is 4. The first-order chi connectivity index (χ1) is 18.0. The molecule has 1 fully saturated rings. The van der Waals surface area contributed by atoms with Crippen LogP contribution in [0.2, 0.25) is 0 Å². The van der Waals surface area contributed by atoms with Gasteiger partial charge >= 0.3 is 11.9 Å². The Morgan fingerprint density at radius 1 is 1.21 bits per heavy atom. The molecule has 1 spiro atoms. The number of aliphatic hydroxyl groups is 2. The van der Waals surface area contributed by atoms with E-state index in [2.05, 4.69) is 12.2 Å². The molecule has 11 atom stereocenters. The van der Waals surface area contributed by atoms with E-state index in [1.165, 1.54) is 18.4 Å². The number of carbonyl (C=O) groups is 2. The number of cyclic esters (lactones) is 1. The van der Waals surface area contributed by atoms with Crippen LogP contribution in [0.25, 0.3) is 0 Å². The third kappa shape index (κ3) is 5.49. The van der Waals surface area contributed by atoms with Gasteiger partial charge in [0.05, 0.1) is 23.4 Å². The number of fused-ring (bicyclic) bond motifs is 1. The van der Waals surface area contributed by atoms with Crippen molar-refractivity contribution < 1.29 is 38.7 Å². The van der Waals surface area contributed by atoms with E-state index in [1.54, 1.807) is 25.3 Å². The molecule has 0 unspecified atom stereocenters. The number of methoxy groups -OCH3 is 1. The minimum absolute atomic E-state index is 0.0603. The SMILES string of the molecule is CO[C@H]1C[C@H]2C=C[C@@H]3C[C@]2(O[C@H]3[C@H](OC(=O)c2ccsc2)[C@H](C)[C@H](C)O)/C(C)=C/[C@@H](C)[C@@H]([C@@H](C)O)OC1=O. The fourth-order valence-electron chi connectivity index (χ4n) is 6.14. The Labute approximate surface area is 228 Å². The molecule has 38 heavy (non-hydrogen) atoms. The highest BCUT2D eigenvalue weighted by Gasteiger charge is 2.57. The van der Waals surface area contributed by atoms with E-state index in [9.17, 15) is 19.8 Å². The fraction of sp³-hybridized carbons (Fsp3) is 0.655. The number of hydrogen-bond acceptors (Lipinski definition) is 9. The molecule has 8 nitrogen and oxygen atoms in total. The molecular weight excluding hydrogens is 508 g/mol. The van der Waals surface area contributed by atoms with Crippen molar-refractivity contribution in [3.05, 3.63) is 46.2 Å². The van der Waals surface area contributed by atoms with Gasteiger partial charge in [-0.25, -0.2) is 9.59 Å². The van der Waals surface area contributed by atoms with Gasteiger partial charge in [-0.2, -0.15) is 11.3 Å². The first kappa shape index (κ1) is 29.0. The van der Waals surface area contributed by atoms with E-state index in [0.717, 1.165) is 5.57 Å². The monoisotopic (exact) mass is 548 g/mol. The highest BCUT2D eigenvalue weighted by Crippen LogP contribution is 2.53. The van der Waals surface area contributed by atoms with E-state index in [1.807, 2.05) is 32.2 Å². The highest BCUT2D eigenvalue weighted by atomic mass is 32.1. The van der Waals surface area contributed by atoms with Crippen LogP contribution >= 0.6 is 11.3 Å². The quantitative estimate of drug-likeness (QED) is 0.390. The Bertz CT molecular complexity index is 1050. The topological polar surface area (TPSA) is 112 Å². The summed E-state index contributed by atoms with van der Waals surface area (Å²) in [5.41, 5.74) is 0.680. The zero-order chi connectivity index (χ0) is 27.8. The van der Waals surface area contributed by atoms with Gasteiger partial charge in [-0.3, -0.25) is 0 Å². The van der Waals surface area contributed by atoms with Crippen molar-refractivity contribution in [3.63, 3.8) is 0 Å². The van der Waals surface area contributed by atoms with Crippen LogP contribution < -0.4 is 0 Å². The van der Waals surface area contributed by atoms with Crippen LogP contribution in [-0.2, 0) is 23.7 Å². The Balaban J connectivity index is 1.73. The highest BCUT2D eigenvalue weighted by molar-refractivity contribution is 7.08. The number of hydrogen-bond donors (Lipinski definition) is 2. The zero-order valence-electron chi connectivity index (χ0n) is 22.9. The maximum atomic E-state index is 13.0. The molecule has 210 valence electrons. The average molecular weight is 549 g/mol. The van der Waals surface area contributed by atoms with Crippen LogP contribution in [-0.4, -0.2) is 71.5 Å². The van der Waals surface area contributed by atoms with Gasteiger partial charge in [0.2, 0.25) is 0 Å². The third-order valence-electron chi connectivity index (χ3n) is 8.54. The lowest BCUT2D eigenvalue weighted by atomic mass is 9.69. The molecule has 9 heteroatoms. The minimum Gasteiger partial charge on any atom is -0.457 e. The van der Waals surface area contributed by atoms with E-state index in [4.69, 9.17) is 18.9 Å². The molecule has 2 N–H and O–H groups in total. The van der Waals surface area contributed by atoms with Gasteiger partial charge in [-0.15, -0.1) is 0 Å². The van der Waals surface area contributed by atoms with Gasteiger partial charge in [-0.05, 0) is 50.6 Å². The van der Waals surface area contributed by atoms with Crippen molar-refractivity contribution in [2.75, 3.05) is 7.11 Å². The zero-order valence-corrected chi connectivity index (χ0v) is 23.7. The van der Waals surface area contributed by atoms with Crippen molar-refractivity contribution >= 4 is 23.3 Å². The Morgan fingerprint density at radius 2 is 1.95 bits per heavy atom. The second kappa shape index (κ2) is 11.6. The molecule has 1 aliphatic carbocycles. The van der Waals surface area contributed by atoms with Gasteiger partial charge in [-0.1, -0.05) is 32.1 Å². The summed E-state index contributed by atoms with van der Waals surface area (Å²) >= 11 is 1.42. The summed E-state index contributed by atoms with van der Waals surface area (Å²) in [6, 6.07) is 1.72. The number of carbonyl (C=O) groups excluding carboxylic acids is 2. The molecular formula is C29H40O8S. The van der Waals surface area contributed by atoms with Crippen molar-refractivity contribution in [2.45, 2.75) is 89.7 Å². The van der Waals surface area contributed by atoms with Gasteiger partial charge in [0, 0.05) is 36.2 Å². The van der Waals surface area contributed by atoms with Gasteiger partial charge in [0.25, 0.3) is 0 Å². The smallest absolute Gasteiger partial charge is 0.339 e. The molecule has 0 radical (unpaired) electrons. The van der Waals surface area contributed by atoms with Gasteiger partial charge < -0.3 is 29.2 Å². The second-order valence-corrected chi connectivity index (χ2v) is 11.9. The molecule has 0 amide bonds. The Hall–Kier alpha value is -2.04. The molecule has 2 aliphatic heterocycles. The number of aliphatic hydroxyl groups excluding tert-OH is 2. The van der Waals surface area contributed by atoms with Gasteiger partial charge in [0.1, 0.15) is 18.3 Å². The van der Waals surface area contributed by atoms with Crippen LogP contribution in [0, 0.1) is 23.7 Å². The Morgan fingerprint density at radius 3 is 2.55 bits per heavy atom. The molecule has 3 heterocycles.